The van der Waals surface area contributed by atoms with Gasteiger partial charge in [0.25, 0.3) is 10.0 Å². The van der Waals surface area contributed by atoms with Crippen LogP contribution < -0.4 is 4.72 Å². The molecule has 1 aromatic carbocycles. The zero-order valence-electron chi connectivity index (χ0n) is 12.6. The molecule has 24 heavy (non-hydrogen) atoms. The first-order valence-electron chi connectivity index (χ1n) is 6.78. The van der Waals surface area contributed by atoms with Crippen LogP contribution in [0.1, 0.15) is 9.75 Å². The molecule has 2 aromatic heterocycles. The summed E-state index contributed by atoms with van der Waals surface area (Å²) in [6, 6.07) is 5.05. The van der Waals surface area contributed by atoms with Crippen LogP contribution in [0, 0.1) is 19.7 Å². The van der Waals surface area contributed by atoms with Crippen LogP contribution in [0.3, 0.4) is 0 Å². The van der Waals surface area contributed by atoms with Gasteiger partial charge < -0.3 is 4.52 Å². The lowest BCUT2D eigenvalue weighted by molar-refractivity contribution is 0.431. The van der Waals surface area contributed by atoms with Gasteiger partial charge in [0.05, 0.1) is 22.5 Å². The third-order valence-corrected chi connectivity index (χ3v) is 6.33. The van der Waals surface area contributed by atoms with Crippen molar-refractivity contribution in [3.8, 4) is 11.3 Å². The quantitative estimate of drug-likeness (QED) is 0.710. The van der Waals surface area contributed by atoms with E-state index >= 15 is 0 Å². The number of benzene rings is 1. The summed E-state index contributed by atoms with van der Waals surface area (Å²) in [6.07, 6.45) is 1.45. The highest BCUT2D eigenvalue weighted by molar-refractivity contribution is 7.93. The number of halogens is 2. The Morgan fingerprint density at radius 3 is 2.62 bits per heavy atom. The van der Waals surface area contributed by atoms with Gasteiger partial charge in [0.1, 0.15) is 10.7 Å². The van der Waals surface area contributed by atoms with E-state index in [0.717, 1.165) is 17.0 Å². The smallest absolute Gasteiger partial charge is 0.263 e. The number of aromatic nitrogens is 1. The molecule has 9 heteroatoms. The molecule has 3 aromatic rings. The molecule has 5 nitrogen and oxygen atoms in total. The molecule has 0 saturated heterocycles. The van der Waals surface area contributed by atoms with E-state index in [9.17, 15) is 12.8 Å². The Morgan fingerprint density at radius 2 is 2.00 bits per heavy atom. The molecule has 0 amide bonds. The monoisotopic (exact) mass is 386 g/mol. The number of aryl methyl sites for hydroxylation is 2. The molecule has 0 aliphatic carbocycles. The topological polar surface area (TPSA) is 72.2 Å². The zero-order chi connectivity index (χ0) is 17.5. The summed E-state index contributed by atoms with van der Waals surface area (Å²) in [5, 5.41) is 3.61. The van der Waals surface area contributed by atoms with E-state index < -0.39 is 15.8 Å². The van der Waals surface area contributed by atoms with E-state index in [4.69, 9.17) is 16.1 Å². The van der Waals surface area contributed by atoms with Gasteiger partial charge in [0.2, 0.25) is 0 Å². The third-order valence-electron chi connectivity index (χ3n) is 3.33. The number of rotatable bonds is 4. The normalized spacial score (nSPS) is 11.7. The molecule has 2 heterocycles. The molecule has 0 radical (unpaired) electrons. The van der Waals surface area contributed by atoms with Crippen molar-refractivity contribution in [2.24, 2.45) is 0 Å². The Labute approximate surface area is 147 Å². The van der Waals surface area contributed by atoms with Gasteiger partial charge in [-0.15, -0.1) is 11.3 Å². The fourth-order valence-electron chi connectivity index (χ4n) is 2.38. The average Bonchev–Trinajstić information content (AvgIpc) is 3.09. The van der Waals surface area contributed by atoms with Crippen molar-refractivity contribution in [1.29, 1.82) is 0 Å². The SMILES string of the molecule is Cc1sc(C)c(S(=O)(=O)Nc2ccc(F)cc2Cl)c1-c1ccno1. The summed E-state index contributed by atoms with van der Waals surface area (Å²) >= 11 is 7.25. The van der Waals surface area contributed by atoms with Crippen LogP contribution in [-0.4, -0.2) is 13.6 Å². The second-order valence-electron chi connectivity index (χ2n) is 5.02. The number of hydrogen-bond donors (Lipinski definition) is 1. The minimum Gasteiger partial charge on any atom is -0.356 e. The van der Waals surface area contributed by atoms with Crippen molar-refractivity contribution in [2.45, 2.75) is 18.7 Å². The van der Waals surface area contributed by atoms with E-state index in [1.807, 2.05) is 0 Å². The van der Waals surface area contributed by atoms with Crippen LogP contribution in [0.25, 0.3) is 11.3 Å². The summed E-state index contributed by atoms with van der Waals surface area (Å²) in [5.41, 5.74) is 0.561. The van der Waals surface area contributed by atoms with Crippen LogP contribution >= 0.6 is 22.9 Å². The molecule has 0 atom stereocenters. The van der Waals surface area contributed by atoms with Crippen molar-refractivity contribution in [3.63, 3.8) is 0 Å². The highest BCUT2D eigenvalue weighted by Crippen LogP contribution is 2.40. The second kappa shape index (κ2) is 6.19. The molecule has 0 aliphatic rings. The van der Waals surface area contributed by atoms with E-state index in [1.54, 1.807) is 19.9 Å². The Kier molecular flexibility index (Phi) is 4.37. The average molecular weight is 387 g/mol. The van der Waals surface area contributed by atoms with Crippen LogP contribution in [0.4, 0.5) is 10.1 Å². The maximum absolute atomic E-state index is 13.1. The first kappa shape index (κ1) is 16.9. The van der Waals surface area contributed by atoms with Crippen LogP contribution in [0.2, 0.25) is 5.02 Å². The molecule has 126 valence electrons. The lowest BCUT2D eigenvalue weighted by Gasteiger charge is -2.11. The number of sulfonamides is 1. The van der Waals surface area contributed by atoms with E-state index in [0.29, 0.717) is 16.2 Å². The second-order valence-corrected chi connectivity index (χ2v) is 8.48. The number of thiophene rings is 1. The van der Waals surface area contributed by atoms with Gasteiger partial charge in [-0.25, -0.2) is 12.8 Å². The Bertz CT molecular complexity index is 998. The number of nitrogens with one attached hydrogen (secondary N) is 1. The van der Waals surface area contributed by atoms with E-state index in [1.165, 1.54) is 23.6 Å². The Morgan fingerprint density at radius 1 is 1.25 bits per heavy atom. The zero-order valence-corrected chi connectivity index (χ0v) is 15.0. The maximum Gasteiger partial charge on any atom is 0.263 e. The summed E-state index contributed by atoms with van der Waals surface area (Å²) in [6.45, 7) is 3.51. The molecular weight excluding hydrogens is 375 g/mol. The fourth-order valence-corrected chi connectivity index (χ4v) is 5.60. The summed E-state index contributed by atoms with van der Waals surface area (Å²) < 4.78 is 46.4. The molecule has 0 aliphatic heterocycles. The highest BCUT2D eigenvalue weighted by atomic mass is 35.5. The van der Waals surface area contributed by atoms with Gasteiger partial charge in [-0.1, -0.05) is 16.8 Å². The molecule has 0 bridgehead atoms. The number of anilines is 1. The summed E-state index contributed by atoms with van der Waals surface area (Å²) in [7, 11) is -3.95. The van der Waals surface area contributed by atoms with Crippen molar-refractivity contribution >= 4 is 38.6 Å². The van der Waals surface area contributed by atoms with Gasteiger partial charge in [-0.2, -0.15) is 0 Å². The maximum atomic E-state index is 13.1. The van der Waals surface area contributed by atoms with E-state index in [-0.39, 0.29) is 15.6 Å². The van der Waals surface area contributed by atoms with Gasteiger partial charge >= 0.3 is 0 Å². The van der Waals surface area contributed by atoms with Crippen molar-refractivity contribution in [2.75, 3.05) is 4.72 Å². The molecule has 0 saturated carbocycles. The van der Waals surface area contributed by atoms with Gasteiger partial charge in [-0.05, 0) is 32.0 Å². The first-order chi connectivity index (χ1) is 11.3. The third kappa shape index (κ3) is 3.04. The number of nitrogens with zero attached hydrogens (tertiary/aromatic N) is 1. The standard InChI is InChI=1S/C15H12ClFN2O3S2/c1-8-14(13-5-6-18-22-13)15(9(2)23-8)24(20,21)19-12-4-3-10(17)7-11(12)16/h3-7,19H,1-2H3. The highest BCUT2D eigenvalue weighted by Gasteiger charge is 2.28. The van der Waals surface area contributed by atoms with Gasteiger partial charge in [-0.3, -0.25) is 4.72 Å². The van der Waals surface area contributed by atoms with E-state index in [2.05, 4.69) is 9.88 Å². The Balaban J connectivity index is 2.11. The van der Waals surface area contributed by atoms with Crippen LogP contribution in [-0.2, 0) is 10.0 Å². The minimum atomic E-state index is -3.95. The van der Waals surface area contributed by atoms with Gasteiger partial charge in [0, 0.05) is 15.8 Å². The first-order valence-corrected chi connectivity index (χ1v) is 9.46. The van der Waals surface area contributed by atoms with Crippen molar-refractivity contribution in [1.82, 2.24) is 5.16 Å². The minimum absolute atomic E-state index is 0.0237. The molecule has 1 N–H and O–H groups in total. The molecule has 0 unspecified atom stereocenters. The molecular formula is C15H12ClFN2O3S2. The van der Waals surface area contributed by atoms with Gasteiger partial charge in [0.15, 0.2) is 5.76 Å². The predicted octanol–water partition coefficient (Wildman–Crippen LogP) is 4.61. The lowest BCUT2D eigenvalue weighted by atomic mass is 10.2. The predicted molar refractivity (Wildman–Crippen MR) is 91.5 cm³/mol. The van der Waals surface area contributed by atoms with Crippen LogP contribution in [0.5, 0.6) is 0 Å². The molecule has 0 fully saturated rings. The Hall–Kier alpha value is -1.90. The summed E-state index contributed by atoms with van der Waals surface area (Å²) in [4.78, 5) is 1.49. The van der Waals surface area contributed by atoms with Crippen LogP contribution in [0.15, 0.2) is 39.9 Å². The largest absolute Gasteiger partial charge is 0.356 e. The number of hydrogen-bond acceptors (Lipinski definition) is 5. The fraction of sp³-hybridized carbons (Fsp3) is 0.133. The molecule has 0 spiro atoms. The molecule has 3 rings (SSSR count). The summed E-state index contributed by atoms with van der Waals surface area (Å²) in [5.74, 6) is -0.185. The lowest BCUT2D eigenvalue weighted by Crippen LogP contribution is -2.14. The van der Waals surface area contributed by atoms with Crippen molar-refractivity contribution < 1.29 is 17.3 Å². The van der Waals surface area contributed by atoms with Crippen molar-refractivity contribution in [3.05, 3.63) is 51.1 Å².